The Labute approximate surface area is 70.1 Å². The number of allylic oxidation sites excluding steroid dienone is 1. The van der Waals surface area contributed by atoms with Crippen molar-refractivity contribution in [2.75, 3.05) is 13.1 Å². The van der Waals surface area contributed by atoms with E-state index in [1.165, 1.54) is 44.3 Å². The van der Waals surface area contributed by atoms with E-state index in [0.29, 0.717) is 0 Å². The van der Waals surface area contributed by atoms with E-state index in [2.05, 4.69) is 24.9 Å². The predicted octanol–water partition coefficient (Wildman–Crippen LogP) is 2.79. The molecule has 0 aromatic carbocycles. The van der Waals surface area contributed by atoms with E-state index in [-0.39, 0.29) is 0 Å². The van der Waals surface area contributed by atoms with Crippen LogP contribution in [0.25, 0.3) is 0 Å². The third kappa shape index (κ3) is 3.45. The minimum absolute atomic E-state index is 1.27. The molecule has 0 radical (unpaired) electrons. The Bertz CT molecular complexity index is 126. The zero-order valence-corrected chi connectivity index (χ0v) is 7.77. The van der Waals surface area contributed by atoms with E-state index in [9.17, 15) is 0 Å². The van der Waals surface area contributed by atoms with Gasteiger partial charge in [0.1, 0.15) is 0 Å². The molecule has 0 atom stereocenters. The van der Waals surface area contributed by atoms with Gasteiger partial charge in [0, 0.05) is 13.1 Å². The molecule has 1 aliphatic heterocycles. The minimum Gasteiger partial charge on any atom is -0.377 e. The smallest absolute Gasteiger partial charge is 0.0172 e. The lowest BCUT2D eigenvalue weighted by Gasteiger charge is -2.17. The Morgan fingerprint density at radius 3 is 2.00 bits per heavy atom. The van der Waals surface area contributed by atoms with Gasteiger partial charge in [-0.25, -0.2) is 0 Å². The van der Waals surface area contributed by atoms with Crippen molar-refractivity contribution in [1.29, 1.82) is 0 Å². The third-order valence-electron chi connectivity index (χ3n) is 2.08. The molecule has 1 nitrogen and oxygen atoms in total. The van der Waals surface area contributed by atoms with E-state index in [1.807, 2.05) is 0 Å². The van der Waals surface area contributed by atoms with Gasteiger partial charge in [0.15, 0.2) is 0 Å². The van der Waals surface area contributed by atoms with Gasteiger partial charge in [0.25, 0.3) is 0 Å². The van der Waals surface area contributed by atoms with Crippen molar-refractivity contribution < 1.29 is 0 Å². The quantitative estimate of drug-likeness (QED) is 0.560. The molecule has 1 heterocycles. The maximum absolute atomic E-state index is 2.46. The number of hydrogen-bond acceptors (Lipinski definition) is 1. The van der Waals surface area contributed by atoms with Crippen molar-refractivity contribution in [2.45, 2.75) is 39.5 Å². The minimum atomic E-state index is 1.27. The highest BCUT2D eigenvalue weighted by atomic mass is 15.1. The molecule has 11 heavy (non-hydrogen) atoms. The van der Waals surface area contributed by atoms with Crippen LogP contribution in [0.15, 0.2) is 11.8 Å². The maximum atomic E-state index is 2.46. The normalized spacial score (nSPS) is 19.3. The standard InChI is InChI=1S/C10H19N/c1-10(2)9-11-7-5-3-4-6-8-11/h9H,3-8H2,1-2H3. The molecular weight excluding hydrogens is 134 g/mol. The summed E-state index contributed by atoms with van der Waals surface area (Å²) in [6.45, 7) is 6.88. The van der Waals surface area contributed by atoms with E-state index in [1.54, 1.807) is 0 Å². The molecule has 0 aromatic heterocycles. The summed E-state index contributed by atoms with van der Waals surface area (Å²) in [6, 6.07) is 0. The van der Waals surface area contributed by atoms with Crippen LogP contribution < -0.4 is 0 Å². The van der Waals surface area contributed by atoms with Crippen LogP contribution in [0.5, 0.6) is 0 Å². The molecule has 1 rings (SSSR count). The number of likely N-dealkylation sites (tertiary alicyclic amines) is 1. The molecular formula is C10H19N. The Balaban J connectivity index is 2.37. The first-order chi connectivity index (χ1) is 5.29. The predicted molar refractivity (Wildman–Crippen MR) is 49.5 cm³/mol. The second kappa shape index (κ2) is 4.42. The summed E-state index contributed by atoms with van der Waals surface area (Å²) < 4.78 is 0. The molecule has 0 bridgehead atoms. The van der Waals surface area contributed by atoms with Gasteiger partial charge >= 0.3 is 0 Å². The SMILES string of the molecule is CC(C)=CN1CCCCCC1. The average molecular weight is 153 g/mol. The second-order valence-corrected chi connectivity index (χ2v) is 3.66. The highest BCUT2D eigenvalue weighted by Crippen LogP contribution is 2.10. The van der Waals surface area contributed by atoms with Crippen molar-refractivity contribution in [3.05, 3.63) is 11.8 Å². The number of hydrogen-bond donors (Lipinski definition) is 0. The van der Waals surface area contributed by atoms with Crippen molar-refractivity contribution in [3.8, 4) is 0 Å². The Morgan fingerprint density at radius 2 is 1.55 bits per heavy atom. The molecule has 0 aromatic rings. The van der Waals surface area contributed by atoms with Gasteiger partial charge in [0.05, 0.1) is 0 Å². The lowest BCUT2D eigenvalue weighted by Crippen LogP contribution is -2.17. The summed E-state index contributed by atoms with van der Waals surface area (Å²) in [5.74, 6) is 0. The van der Waals surface area contributed by atoms with Crippen LogP contribution in [0.4, 0.5) is 0 Å². The number of rotatable bonds is 1. The van der Waals surface area contributed by atoms with E-state index in [0.717, 1.165) is 0 Å². The Hall–Kier alpha value is -0.460. The Kier molecular flexibility index (Phi) is 3.47. The van der Waals surface area contributed by atoms with Gasteiger partial charge in [-0.1, -0.05) is 18.4 Å². The summed E-state index contributed by atoms with van der Waals surface area (Å²) in [4.78, 5) is 2.46. The van der Waals surface area contributed by atoms with Gasteiger partial charge in [-0.15, -0.1) is 0 Å². The van der Waals surface area contributed by atoms with Gasteiger partial charge in [-0.05, 0) is 32.9 Å². The zero-order valence-electron chi connectivity index (χ0n) is 7.77. The molecule has 64 valence electrons. The lowest BCUT2D eigenvalue weighted by molar-refractivity contribution is 0.389. The van der Waals surface area contributed by atoms with Crippen LogP contribution in [0.1, 0.15) is 39.5 Å². The van der Waals surface area contributed by atoms with E-state index < -0.39 is 0 Å². The summed E-state index contributed by atoms with van der Waals surface area (Å²) in [7, 11) is 0. The maximum Gasteiger partial charge on any atom is 0.0172 e. The molecule has 1 aliphatic rings. The first-order valence-electron chi connectivity index (χ1n) is 4.68. The van der Waals surface area contributed by atoms with Gasteiger partial charge in [-0.2, -0.15) is 0 Å². The molecule has 1 heteroatoms. The first kappa shape index (κ1) is 8.63. The summed E-state index contributed by atoms with van der Waals surface area (Å²) in [6.07, 6.45) is 7.90. The fraction of sp³-hybridized carbons (Fsp3) is 0.800. The molecule has 1 fully saturated rings. The molecule has 0 saturated carbocycles. The summed E-state index contributed by atoms with van der Waals surface area (Å²) in [5.41, 5.74) is 1.42. The van der Waals surface area contributed by atoms with Crippen LogP contribution in [-0.4, -0.2) is 18.0 Å². The third-order valence-corrected chi connectivity index (χ3v) is 2.08. The van der Waals surface area contributed by atoms with Crippen LogP contribution in [0.3, 0.4) is 0 Å². The van der Waals surface area contributed by atoms with Crippen LogP contribution in [0.2, 0.25) is 0 Å². The van der Waals surface area contributed by atoms with Crippen molar-refractivity contribution in [3.63, 3.8) is 0 Å². The van der Waals surface area contributed by atoms with Crippen molar-refractivity contribution in [1.82, 2.24) is 4.90 Å². The molecule has 0 N–H and O–H groups in total. The molecule has 0 aliphatic carbocycles. The summed E-state index contributed by atoms with van der Waals surface area (Å²) in [5, 5.41) is 0. The first-order valence-corrected chi connectivity index (χ1v) is 4.68. The van der Waals surface area contributed by atoms with Crippen molar-refractivity contribution >= 4 is 0 Å². The van der Waals surface area contributed by atoms with Crippen LogP contribution in [-0.2, 0) is 0 Å². The molecule has 0 unspecified atom stereocenters. The Morgan fingerprint density at radius 1 is 1.00 bits per heavy atom. The van der Waals surface area contributed by atoms with Gasteiger partial charge in [0.2, 0.25) is 0 Å². The van der Waals surface area contributed by atoms with Crippen LogP contribution in [0, 0.1) is 0 Å². The highest BCUT2D eigenvalue weighted by Gasteiger charge is 2.03. The monoisotopic (exact) mass is 153 g/mol. The molecule has 0 spiro atoms. The molecule has 0 amide bonds. The van der Waals surface area contributed by atoms with Gasteiger partial charge < -0.3 is 4.90 Å². The molecule has 1 saturated heterocycles. The highest BCUT2D eigenvalue weighted by molar-refractivity contribution is 4.93. The zero-order chi connectivity index (χ0) is 8.10. The fourth-order valence-corrected chi connectivity index (χ4v) is 1.59. The van der Waals surface area contributed by atoms with E-state index in [4.69, 9.17) is 0 Å². The topological polar surface area (TPSA) is 3.24 Å². The largest absolute Gasteiger partial charge is 0.377 e. The van der Waals surface area contributed by atoms with Crippen LogP contribution >= 0.6 is 0 Å². The van der Waals surface area contributed by atoms with Gasteiger partial charge in [-0.3, -0.25) is 0 Å². The fourth-order valence-electron chi connectivity index (χ4n) is 1.59. The lowest BCUT2D eigenvalue weighted by atomic mass is 10.2. The summed E-state index contributed by atoms with van der Waals surface area (Å²) >= 11 is 0. The number of nitrogens with zero attached hydrogens (tertiary/aromatic N) is 1. The average Bonchev–Trinajstić information content (AvgIpc) is 2.14. The van der Waals surface area contributed by atoms with E-state index >= 15 is 0 Å². The second-order valence-electron chi connectivity index (χ2n) is 3.66. The van der Waals surface area contributed by atoms with Crippen molar-refractivity contribution in [2.24, 2.45) is 0 Å².